The Hall–Kier alpha value is -5.57. The number of nitrogens with one attached hydrogen (secondary N) is 1. The minimum Gasteiger partial charge on any atom is -0.437 e. The molecule has 0 aliphatic carbocycles. The van der Waals surface area contributed by atoms with Gasteiger partial charge in [-0.1, -0.05) is 66.7 Å². The first-order valence-corrected chi connectivity index (χ1v) is 12.1. The summed E-state index contributed by atoms with van der Waals surface area (Å²) in [4.78, 5) is 44.9. The number of hydrogen-bond donors (Lipinski definition) is 1. The van der Waals surface area contributed by atoms with Gasteiger partial charge in [0.25, 0.3) is 11.2 Å². The Labute approximate surface area is 219 Å². The normalized spacial score (nSPS) is 14.0. The standard InChI is InChI=1S/C30H17N3O6/c34-28-25-24(18-8-5-9-19(14-18)33(36)37)21-13-12-16-6-1-3-10-20(16)26(21)39-29(25)32-27(31-28)22-15-17-7-2-4-11-23(17)38-30(22)35/h1-15,24H,(H,31,32,34). The molecule has 2 aromatic heterocycles. The zero-order valence-electron chi connectivity index (χ0n) is 20.1. The van der Waals surface area contributed by atoms with Crippen LogP contribution in [0.1, 0.15) is 22.6 Å². The lowest BCUT2D eigenvalue weighted by Crippen LogP contribution is -2.25. The van der Waals surface area contributed by atoms with Crippen molar-refractivity contribution in [1.82, 2.24) is 9.97 Å². The molecule has 0 spiro atoms. The summed E-state index contributed by atoms with van der Waals surface area (Å²) in [7, 11) is 0. The molecule has 0 fully saturated rings. The van der Waals surface area contributed by atoms with E-state index < -0.39 is 22.0 Å². The second-order valence-electron chi connectivity index (χ2n) is 9.21. The van der Waals surface area contributed by atoms with Crippen molar-refractivity contribution in [3.05, 3.63) is 139 Å². The largest absolute Gasteiger partial charge is 0.437 e. The van der Waals surface area contributed by atoms with Crippen molar-refractivity contribution in [2.75, 3.05) is 0 Å². The van der Waals surface area contributed by atoms with Gasteiger partial charge < -0.3 is 14.1 Å². The number of nitro groups is 1. The monoisotopic (exact) mass is 515 g/mol. The van der Waals surface area contributed by atoms with E-state index in [4.69, 9.17) is 9.15 Å². The van der Waals surface area contributed by atoms with Crippen molar-refractivity contribution >= 4 is 27.4 Å². The quantitative estimate of drug-likeness (QED) is 0.176. The lowest BCUT2D eigenvalue weighted by Gasteiger charge is -2.28. The van der Waals surface area contributed by atoms with Crippen LogP contribution in [0, 0.1) is 10.1 Å². The van der Waals surface area contributed by atoms with E-state index in [-0.39, 0.29) is 28.5 Å². The number of para-hydroxylation sites is 1. The number of non-ortho nitro benzene ring substituents is 1. The van der Waals surface area contributed by atoms with E-state index in [2.05, 4.69) is 9.97 Å². The molecule has 0 saturated heterocycles. The summed E-state index contributed by atoms with van der Waals surface area (Å²) in [6.07, 6.45) is 0. The first-order valence-electron chi connectivity index (χ1n) is 12.1. The number of nitro benzene ring substituents is 1. The summed E-state index contributed by atoms with van der Waals surface area (Å²) in [5.41, 5.74) is 0.598. The minimum absolute atomic E-state index is 0.000248. The topological polar surface area (TPSA) is 128 Å². The number of aromatic amines is 1. The van der Waals surface area contributed by atoms with E-state index >= 15 is 0 Å². The molecule has 1 unspecified atom stereocenters. The van der Waals surface area contributed by atoms with Gasteiger partial charge in [-0.2, -0.15) is 4.98 Å². The predicted octanol–water partition coefficient (Wildman–Crippen LogP) is 5.89. The molecule has 0 saturated carbocycles. The molecule has 1 atom stereocenters. The van der Waals surface area contributed by atoms with Gasteiger partial charge in [-0.3, -0.25) is 14.9 Å². The molecule has 39 heavy (non-hydrogen) atoms. The predicted molar refractivity (Wildman–Crippen MR) is 144 cm³/mol. The van der Waals surface area contributed by atoms with Gasteiger partial charge >= 0.3 is 5.63 Å². The van der Waals surface area contributed by atoms with Gasteiger partial charge in [-0.05, 0) is 23.1 Å². The van der Waals surface area contributed by atoms with E-state index in [9.17, 15) is 19.7 Å². The first-order chi connectivity index (χ1) is 19.0. The highest BCUT2D eigenvalue weighted by molar-refractivity contribution is 5.91. The summed E-state index contributed by atoms with van der Waals surface area (Å²) in [6.45, 7) is 0. The maximum absolute atomic E-state index is 13.7. The van der Waals surface area contributed by atoms with Crippen LogP contribution >= 0.6 is 0 Å². The van der Waals surface area contributed by atoms with Crippen LogP contribution in [0.25, 0.3) is 33.1 Å². The van der Waals surface area contributed by atoms with Gasteiger partial charge in [0.2, 0.25) is 5.88 Å². The molecule has 0 radical (unpaired) electrons. The van der Waals surface area contributed by atoms with Crippen LogP contribution < -0.4 is 15.9 Å². The van der Waals surface area contributed by atoms with Crippen molar-refractivity contribution in [2.24, 2.45) is 0 Å². The molecule has 6 aromatic rings. The fraction of sp³-hybridized carbons (Fsp3) is 0.0333. The van der Waals surface area contributed by atoms with E-state index in [1.807, 2.05) is 42.5 Å². The summed E-state index contributed by atoms with van der Waals surface area (Å²) < 4.78 is 11.7. The molecule has 9 nitrogen and oxygen atoms in total. The Morgan fingerprint density at radius 2 is 1.67 bits per heavy atom. The van der Waals surface area contributed by atoms with Crippen LogP contribution in [-0.4, -0.2) is 14.9 Å². The summed E-state index contributed by atoms with van der Waals surface area (Å²) in [5.74, 6) is -0.195. The Kier molecular flexibility index (Phi) is 4.92. The number of H-pyrrole nitrogens is 1. The van der Waals surface area contributed by atoms with Crippen molar-refractivity contribution in [3.8, 4) is 23.0 Å². The van der Waals surface area contributed by atoms with E-state index in [0.29, 0.717) is 27.8 Å². The summed E-state index contributed by atoms with van der Waals surface area (Å²) in [5, 5.41) is 13.9. The highest BCUT2D eigenvalue weighted by Gasteiger charge is 2.35. The van der Waals surface area contributed by atoms with Crippen LogP contribution in [-0.2, 0) is 0 Å². The smallest absolute Gasteiger partial charge is 0.347 e. The number of nitrogens with zero attached hydrogens (tertiary/aromatic N) is 2. The molecule has 1 N–H and O–H groups in total. The van der Waals surface area contributed by atoms with Crippen molar-refractivity contribution in [3.63, 3.8) is 0 Å². The number of aromatic nitrogens is 2. The zero-order valence-corrected chi connectivity index (χ0v) is 20.1. The summed E-state index contributed by atoms with van der Waals surface area (Å²) >= 11 is 0. The lowest BCUT2D eigenvalue weighted by atomic mass is 9.83. The van der Waals surface area contributed by atoms with E-state index in [0.717, 1.165) is 10.8 Å². The Balaban J connectivity index is 1.50. The molecule has 9 heteroatoms. The fourth-order valence-electron chi connectivity index (χ4n) is 5.17. The third-order valence-corrected chi connectivity index (χ3v) is 6.94. The van der Waals surface area contributed by atoms with Crippen molar-refractivity contribution in [2.45, 2.75) is 5.92 Å². The van der Waals surface area contributed by atoms with Gasteiger partial charge in [-0.25, -0.2) is 4.79 Å². The number of ether oxygens (including phenoxy) is 1. The van der Waals surface area contributed by atoms with Gasteiger partial charge in [0.05, 0.1) is 10.5 Å². The molecular formula is C30H17N3O6. The number of fused-ring (bicyclic) bond motifs is 5. The minimum atomic E-state index is -0.702. The first kappa shape index (κ1) is 22.6. The zero-order chi connectivity index (χ0) is 26.7. The van der Waals surface area contributed by atoms with Crippen LogP contribution in [0.2, 0.25) is 0 Å². The maximum Gasteiger partial charge on any atom is 0.347 e. The van der Waals surface area contributed by atoms with Gasteiger partial charge in [0.15, 0.2) is 5.82 Å². The molecule has 1 aliphatic rings. The Morgan fingerprint density at radius 3 is 2.51 bits per heavy atom. The average molecular weight is 515 g/mol. The number of benzene rings is 4. The molecule has 188 valence electrons. The SMILES string of the molecule is O=c1[nH]c(-c2cc3ccccc3oc2=O)nc2c1C(c1cccc([N+](=O)[O-])c1)c1ccc3ccccc3c1O2. The average Bonchev–Trinajstić information content (AvgIpc) is 2.95. The van der Waals surface area contributed by atoms with E-state index in [1.165, 1.54) is 12.1 Å². The maximum atomic E-state index is 13.7. The number of rotatable bonds is 3. The number of hydrogen-bond acceptors (Lipinski definition) is 7. The second kappa shape index (κ2) is 8.49. The molecule has 7 rings (SSSR count). The second-order valence-corrected chi connectivity index (χ2v) is 9.21. The van der Waals surface area contributed by atoms with Gasteiger partial charge in [0.1, 0.15) is 16.9 Å². The van der Waals surface area contributed by atoms with Crippen LogP contribution in [0.3, 0.4) is 0 Å². The molecule has 0 amide bonds. The highest BCUT2D eigenvalue weighted by Crippen LogP contribution is 2.48. The van der Waals surface area contributed by atoms with Crippen LogP contribution in [0.15, 0.2) is 105 Å². The molecule has 3 heterocycles. The Bertz CT molecular complexity index is 2100. The third-order valence-electron chi connectivity index (χ3n) is 6.94. The summed E-state index contributed by atoms with van der Waals surface area (Å²) in [6, 6.07) is 26.2. The molecule has 1 aliphatic heterocycles. The lowest BCUT2D eigenvalue weighted by molar-refractivity contribution is -0.384. The Morgan fingerprint density at radius 1 is 0.872 bits per heavy atom. The molecular weight excluding hydrogens is 498 g/mol. The van der Waals surface area contributed by atoms with Crippen molar-refractivity contribution < 1.29 is 14.1 Å². The van der Waals surface area contributed by atoms with Crippen LogP contribution in [0.5, 0.6) is 11.6 Å². The van der Waals surface area contributed by atoms with Gasteiger partial charge in [-0.15, -0.1) is 0 Å². The fourth-order valence-corrected chi connectivity index (χ4v) is 5.17. The van der Waals surface area contributed by atoms with Crippen LogP contribution in [0.4, 0.5) is 5.69 Å². The van der Waals surface area contributed by atoms with E-state index in [1.54, 1.807) is 36.4 Å². The highest BCUT2D eigenvalue weighted by atomic mass is 16.6. The molecule has 4 aromatic carbocycles. The molecule has 0 bridgehead atoms. The third kappa shape index (κ3) is 3.59. The van der Waals surface area contributed by atoms with Gasteiger partial charge in [0, 0.05) is 34.4 Å². The van der Waals surface area contributed by atoms with Crippen molar-refractivity contribution in [1.29, 1.82) is 0 Å².